The number of anilines is 2. The zero-order valence-electron chi connectivity index (χ0n) is 16.9. The lowest BCUT2D eigenvalue weighted by molar-refractivity contribution is -0.127. The number of ether oxygens (including phenoxy) is 1. The van der Waals surface area contributed by atoms with Crippen LogP contribution in [0.25, 0.3) is 0 Å². The SMILES string of the molecule is Cc1ccc(C2C(C(=O)Nc3ccc(N4CCOCC4)cc3)CC(=O)N2C)cc1. The quantitative estimate of drug-likeness (QED) is 0.868. The highest BCUT2D eigenvalue weighted by Crippen LogP contribution is 2.37. The lowest BCUT2D eigenvalue weighted by atomic mass is 9.92. The fourth-order valence-electron chi connectivity index (χ4n) is 4.14. The minimum atomic E-state index is -0.408. The van der Waals surface area contributed by atoms with E-state index in [1.54, 1.807) is 11.9 Å². The van der Waals surface area contributed by atoms with Crippen molar-refractivity contribution in [2.75, 3.05) is 43.6 Å². The van der Waals surface area contributed by atoms with E-state index in [1.807, 2.05) is 55.5 Å². The van der Waals surface area contributed by atoms with Crippen LogP contribution in [0.5, 0.6) is 0 Å². The van der Waals surface area contributed by atoms with Crippen molar-refractivity contribution in [2.24, 2.45) is 5.92 Å². The summed E-state index contributed by atoms with van der Waals surface area (Å²) in [5.41, 5.74) is 4.02. The number of morpholine rings is 1. The fourth-order valence-corrected chi connectivity index (χ4v) is 4.14. The predicted octanol–water partition coefficient (Wildman–Crippen LogP) is 2.99. The van der Waals surface area contributed by atoms with E-state index in [0.717, 1.165) is 48.8 Å². The van der Waals surface area contributed by atoms with Gasteiger partial charge in [0.15, 0.2) is 0 Å². The zero-order valence-corrected chi connectivity index (χ0v) is 16.9. The molecule has 0 spiro atoms. The Kier molecular flexibility index (Phi) is 5.53. The zero-order chi connectivity index (χ0) is 20.4. The Labute approximate surface area is 171 Å². The molecule has 0 aliphatic carbocycles. The molecule has 0 radical (unpaired) electrons. The van der Waals surface area contributed by atoms with E-state index < -0.39 is 5.92 Å². The van der Waals surface area contributed by atoms with Crippen LogP contribution in [0.3, 0.4) is 0 Å². The second-order valence-electron chi connectivity index (χ2n) is 7.81. The third-order valence-corrected chi connectivity index (χ3v) is 5.85. The summed E-state index contributed by atoms with van der Waals surface area (Å²) < 4.78 is 5.39. The third-order valence-electron chi connectivity index (χ3n) is 5.85. The number of nitrogens with zero attached hydrogens (tertiary/aromatic N) is 2. The molecule has 2 saturated heterocycles. The first-order valence-corrected chi connectivity index (χ1v) is 10.1. The average molecular weight is 393 g/mol. The lowest BCUT2D eigenvalue weighted by Gasteiger charge is -2.29. The molecule has 2 amide bonds. The van der Waals surface area contributed by atoms with E-state index in [2.05, 4.69) is 10.2 Å². The van der Waals surface area contributed by atoms with Crippen LogP contribution in [0.1, 0.15) is 23.6 Å². The summed E-state index contributed by atoms with van der Waals surface area (Å²) in [6.07, 6.45) is 0.229. The van der Waals surface area contributed by atoms with Crippen molar-refractivity contribution in [2.45, 2.75) is 19.4 Å². The van der Waals surface area contributed by atoms with E-state index >= 15 is 0 Å². The van der Waals surface area contributed by atoms with Gasteiger partial charge in [-0.25, -0.2) is 0 Å². The molecule has 29 heavy (non-hydrogen) atoms. The summed E-state index contributed by atoms with van der Waals surface area (Å²) >= 11 is 0. The Bertz CT molecular complexity index is 873. The van der Waals surface area contributed by atoms with Gasteiger partial charge in [0.1, 0.15) is 0 Å². The van der Waals surface area contributed by atoms with Crippen molar-refractivity contribution in [3.63, 3.8) is 0 Å². The topological polar surface area (TPSA) is 61.9 Å². The van der Waals surface area contributed by atoms with Crippen molar-refractivity contribution in [1.29, 1.82) is 0 Å². The summed E-state index contributed by atoms with van der Waals surface area (Å²) in [4.78, 5) is 29.3. The van der Waals surface area contributed by atoms with Crippen molar-refractivity contribution < 1.29 is 14.3 Å². The molecule has 4 rings (SSSR count). The summed E-state index contributed by atoms with van der Waals surface area (Å²) in [7, 11) is 1.78. The number of hydrogen-bond acceptors (Lipinski definition) is 4. The van der Waals surface area contributed by atoms with Crippen LogP contribution in [0, 0.1) is 12.8 Å². The number of likely N-dealkylation sites (tertiary alicyclic amines) is 1. The first kappa shape index (κ1) is 19.5. The van der Waals surface area contributed by atoms with Gasteiger partial charge >= 0.3 is 0 Å². The van der Waals surface area contributed by atoms with Crippen LogP contribution >= 0.6 is 0 Å². The Morgan fingerprint density at radius 1 is 1.03 bits per heavy atom. The number of rotatable bonds is 4. The first-order chi connectivity index (χ1) is 14.0. The number of aryl methyl sites for hydroxylation is 1. The van der Waals surface area contributed by atoms with Gasteiger partial charge in [0, 0.05) is 37.9 Å². The van der Waals surface area contributed by atoms with Crippen LogP contribution in [0.2, 0.25) is 0 Å². The van der Waals surface area contributed by atoms with E-state index in [9.17, 15) is 9.59 Å². The van der Waals surface area contributed by atoms with E-state index in [1.165, 1.54) is 0 Å². The molecule has 2 atom stereocenters. The number of carbonyl (C=O) groups is 2. The molecule has 2 unspecified atom stereocenters. The van der Waals surface area contributed by atoms with Gasteiger partial charge in [-0.2, -0.15) is 0 Å². The highest BCUT2D eigenvalue weighted by molar-refractivity contribution is 5.98. The van der Waals surface area contributed by atoms with Gasteiger partial charge in [-0.1, -0.05) is 29.8 Å². The van der Waals surface area contributed by atoms with Crippen LogP contribution in [-0.4, -0.2) is 50.1 Å². The first-order valence-electron chi connectivity index (χ1n) is 10.1. The van der Waals surface area contributed by atoms with Crippen molar-refractivity contribution >= 4 is 23.2 Å². The Hall–Kier alpha value is -2.86. The van der Waals surface area contributed by atoms with Gasteiger partial charge in [0.25, 0.3) is 0 Å². The maximum Gasteiger partial charge on any atom is 0.230 e. The fraction of sp³-hybridized carbons (Fsp3) is 0.391. The normalized spacial score (nSPS) is 22.1. The molecule has 2 fully saturated rings. The molecule has 0 aromatic heterocycles. The molecule has 2 aromatic carbocycles. The molecule has 2 aliphatic rings. The molecule has 0 bridgehead atoms. The van der Waals surface area contributed by atoms with E-state index in [0.29, 0.717) is 0 Å². The second kappa shape index (κ2) is 8.25. The summed E-state index contributed by atoms with van der Waals surface area (Å²) in [5.74, 6) is -0.528. The lowest BCUT2D eigenvalue weighted by Crippen LogP contribution is -2.36. The predicted molar refractivity (Wildman–Crippen MR) is 113 cm³/mol. The second-order valence-corrected chi connectivity index (χ2v) is 7.81. The van der Waals surface area contributed by atoms with Gasteiger partial charge < -0.3 is 19.9 Å². The maximum atomic E-state index is 13.0. The van der Waals surface area contributed by atoms with Crippen LogP contribution in [0.4, 0.5) is 11.4 Å². The smallest absolute Gasteiger partial charge is 0.230 e. The molecule has 2 aliphatic heterocycles. The number of benzene rings is 2. The maximum absolute atomic E-state index is 13.0. The Morgan fingerprint density at radius 2 is 1.69 bits per heavy atom. The number of amides is 2. The monoisotopic (exact) mass is 393 g/mol. The molecule has 6 heteroatoms. The highest BCUT2D eigenvalue weighted by Gasteiger charge is 2.42. The Balaban J connectivity index is 1.47. The molecule has 6 nitrogen and oxygen atoms in total. The van der Waals surface area contributed by atoms with Gasteiger partial charge in [-0.05, 0) is 36.8 Å². The molecular formula is C23H27N3O3. The molecule has 0 saturated carbocycles. The largest absolute Gasteiger partial charge is 0.378 e. The minimum Gasteiger partial charge on any atom is -0.378 e. The van der Waals surface area contributed by atoms with Gasteiger partial charge in [0.2, 0.25) is 11.8 Å². The molecule has 152 valence electrons. The average Bonchev–Trinajstić information content (AvgIpc) is 3.05. The minimum absolute atomic E-state index is 0.00149. The third kappa shape index (κ3) is 4.12. The summed E-state index contributed by atoms with van der Waals surface area (Å²) in [5, 5.41) is 3.01. The van der Waals surface area contributed by atoms with Crippen molar-refractivity contribution in [1.82, 2.24) is 4.90 Å². The summed E-state index contributed by atoms with van der Waals surface area (Å²) in [6.45, 7) is 5.25. The van der Waals surface area contributed by atoms with Crippen LogP contribution in [0.15, 0.2) is 48.5 Å². The van der Waals surface area contributed by atoms with E-state index in [-0.39, 0.29) is 24.3 Å². The number of hydrogen-bond donors (Lipinski definition) is 1. The molecule has 2 heterocycles. The van der Waals surface area contributed by atoms with Crippen LogP contribution < -0.4 is 10.2 Å². The number of nitrogens with one attached hydrogen (secondary N) is 1. The molecular weight excluding hydrogens is 366 g/mol. The molecule has 2 aromatic rings. The standard InChI is InChI=1S/C23H27N3O3/c1-16-3-5-17(6-4-16)22-20(15-21(27)25(22)2)23(28)24-18-7-9-19(10-8-18)26-11-13-29-14-12-26/h3-10,20,22H,11-15H2,1-2H3,(H,24,28). The van der Waals surface area contributed by atoms with Gasteiger partial charge in [-0.3, -0.25) is 9.59 Å². The summed E-state index contributed by atoms with van der Waals surface area (Å²) in [6, 6.07) is 15.7. The van der Waals surface area contributed by atoms with Gasteiger partial charge in [-0.15, -0.1) is 0 Å². The van der Waals surface area contributed by atoms with E-state index in [4.69, 9.17) is 4.74 Å². The van der Waals surface area contributed by atoms with Crippen LogP contribution in [-0.2, 0) is 14.3 Å². The van der Waals surface area contributed by atoms with Crippen molar-refractivity contribution in [3.8, 4) is 0 Å². The highest BCUT2D eigenvalue weighted by atomic mass is 16.5. The van der Waals surface area contributed by atoms with Crippen molar-refractivity contribution in [3.05, 3.63) is 59.7 Å². The van der Waals surface area contributed by atoms with Gasteiger partial charge in [0.05, 0.1) is 25.2 Å². The Morgan fingerprint density at radius 3 is 2.34 bits per heavy atom. The number of carbonyl (C=O) groups excluding carboxylic acids is 2. The molecule has 1 N–H and O–H groups in total.